The Morgan fingerprint density at radius 3 is 2.76 bits per heavy atom. The predicted octanol–water partition coefficient (Wildman–Crippen LogP) is 0.336. The number of aromatic nitrogens is 6. The maximum atomic E-state index is 11.3. The second-order valence-corrected chi connectivity index (χ2v) is 6.18. The van der Waals surface area contributed by atoms with Crippen molar-refractivity contribution in [2.24, 2.45) is 0 Å². The first-order chi connectivity index (χ1) is 9.89. The molecule has 3 aromatic heterocycles. The number of halogens is 1. The molecule has 3 heterocycles. The fraction of sp³-hybridized carbons (Fsp3) is 0.111. The minimum Gasteiger partial charge on any atom is -0.375 e. The van der Waals surface area contributed by atoms with Crippen LogP contribution in [-0.2, 0) is 4.57 Å². The second kappa shape index (κ2) is 4.86. The first-order valence-electron chi connectivity index (χ1n) is 5.52. The van der Waals surface area contributed by atoms with E-state index in [1.54, 1.807) is 0 Å². The zero-order valence-corrected chi connectivity index (χ0v) is 11.8. The maximum absolute atomic E-state index is 11.3. The smallest absolute Gasteiger partial charge is 0.359 e. The number of rotatable bonds is 3. The lowest BCUT2D eigenvalue weighted by atomic mass is 10.3. The summed E-state index contributed by atoms with van der Waals surface area (Å²) in [6, 6.07) is 2.92. The molecule has 0 amide bonds. The Kier molecular flexibility index (Phi) is 3.27. The second-order valence-electron chi connectivity index (χ2n) is 4.10. The SMILES string of the molecule is O=P(O)(O)C(O)c1c(Cl)ccc2ncc(-c3nn[nH]n3)n12. The van der Waals surface area contributed by atoms with E-state index in [4.69, 9.17) is 11.6 Å². The number of nitrogens with zero attached hydrogens (tertiary/aromatic N) is 5. The first-order valence-corrected chi connectivity index (χ1v) is 7.58. The molecule has 1 unspecified atom stereocenters. The monoisotopic (exact) mass is 330 g/mol. The van der Waals surface area contributed by atoms with Gasteiger partial charge in [0.25, 0.3) is 0 Å². The summed E-state index contributed by atoms with van der Waals surface area (Å²) in [5.74, 6) is -1.96. The largest absolute Gasteiger partial charge is 0.375 e. The van der Waals surface area contributed by atoms with Gasteiger partial charge in [0.15, 0.2) is 5.85 Å². The molecule has 0 spiro atoms. The van der Waals surface area contributed by atoms with Crippen LogP contribution in [0.1, 0.15) is 11.5 Å². The third-order valence-corrected chi connectivity index (χ3v) is 3.99. The van der Waals surface area contributed by atoms with Crippen molar-refractivity contribution in [2.45, 2.75) is 5.85 Å². The number of fused-ring (bicyclic) bond motifs is 1. The average Bonchev–Trinajstić information content (AvgIpc) is 3.04. The predicted molar refractivity (Wildman–Crippen MR) is 70.4 cm³/mol. The molecule has 110 valence electrons. The van der Waals surface area contributed by atoms with Gasteiger partial charge in [-0.25, -0.2) is 4.98 Å². The Labute approximate surface area is 121 Å². The molecule has 3 rings (SSSR count). The summed E-state index contributed by atoms with van der Waals surface area (Å²) in [5, 5.41) is 23.1. The van der Waals surface area contributed by atoms with E-state index >= 15 is 0 Å². The summed E-state index contributed by atoms with van der Waals surface area (Å²) < 4.78 is 12.6. The highest BCUT2D eigenvalue weighted by molar-refractivity contribution is 7.51. The van der Waals surface area contributed by atoms with Crippen molar-refractivity contribution < 1.29 is 19.5 Å². The van der Waals surface area contributed by atoms with Crippen LogP contribution in [-0.4, -0.2) is 44.9 Å². The standard InChI is InChI=1S/C9H8ClN6O4P/c10-4-1-2-6-11-3-5(8-12-14-15-13-8)16(6)7(4)9(17)21(18,19)20/h1-3,9,17H,(H2,18,19,20)(H,12,13,14,15). The van der Waals surface area contributed by atoms with Crippen LogP contribution in [0.4, 0.5) is 0 Å². The summed E-state index contributed by atoms with van der Waals surface area (Å²) >= 11 is 5.98. The number of hydrogen-bond acceptors (Lipinski definition) is 6. The molecule has 0 radical (unpaired) electrons. The molecular formula is C9H8ClN6O4P. The van der Waals surface area contributed by atoms with Crippen molar-refractivity contribution in [3.8, 4) is 11.5 Å². The number of nitrogens with one attached hydrogen (secondary N) is 1. The topological polar surface area (TPSA) is 150 Å². The lowest BCUT2D eigenvalue weighted by Gasteiger charge is -2.16. The van der Waals surface area contributed by atoms with Crippen LogP contribution in [0.3, 0.4) is 0 Å². The van der Waals surface area contributed by atoms with Crippen molar-refractivity contribution in [2.75, 3.05) is 0 Å². The lowest BCUT2D eigenvalue weighted by Crippen LogP contribution is -2.07. The van der Waals surface area contributed by atoms with E-state index in [1.165, 1.54) is 22.7 Å². The molecule has 0 aliphatic carbocycles. The van der Waals surface area contributed by atoms with Crippen molar-refractivity contribution in [3.05, 3.63) is 29.0 Å². The van der Waals surface area contributed by atoms with E-state index in [2.05, 4.69) is 25.6 Å². The summed E-state index contributed by atoms with van der Waals surface area (Å²) in [7, 11) is -4.82. The van der Waals surface area contributed by atoms with Gasteiger partial charge in [-0.2, -0.15) is 5.21 Å². The van der Waals surface area contributed by atoms with Gasteiger partial charge in [0.1, 0.15) is 11.3 Å². The van der Waals surface area contributed by atoms with Crippen molar-refractivity contribution >= 4 is 24.8 Å². The number of pyridine rings is 1. The highest BCUT2D eigenvalue weighted by Crippen LogP contribution is 2.51. The molecule has 3 aromatic rings. The number of aromatic amines is 1. The number of hydrogen-bond donors (Lipinski definition) is 4. The molecule has 0 aliphatic heterocycles. The van der Waals surface area contributed by atoms with Gasteiger partial charge >= 0.3 is 7.60 Å². The number of imidazole rings is 1. The van der Waals surface area contributed by atoms with Crippen molar-refractivity contribution in [3.63, 3.8) is 0 Å². The fourth-order valence-corrected chi connectivity index (χ4v) is 2.80. The van der Waals surface area contributed by atoms with Gasteiger partial charge in [0.2, 0.25) is 5.82 Å². The zero-order chi connectivity index (χ0) is 15.2. The van der Waals surface area contributed by atoms with Crippen LogP contribution in [0.15, 0.2) is 18.3 Å². The molecule has 10 nitrogen and oxygen atoms in total. The van der Waals surface area contributed by atoms with Gasteiger partial charge in [-0.05, 0) is 17.3 Å². The Balaban J connectivity index is 2.35. The van der Waals surface area contributed by atoms with Crippen LogP contribution in [0.5, 0.6) is 0 Å². The normalized spacial score (nSPS) is 13.7. The fourth-order valence-electron chi connectivity index (χ4n) is 1.90. The Morgan fingerprint density at radius 1 is 1.38 bits per heavy atom. The highest BCUT2D eigenvalue weighted by atomic mass is 35.5. The molecule has 0 fully saturated rings. The van der Waals surface area contributed by atoms with E-state index in [0.29, 0.717) is 5.65 Å². The van der Waals surface area contributed by atoms with E-state index in [9.17, 15) is 19.5 Å². The summed E-state index contributed by atoms with van der Waals surface area (Å²) in [6.07, 6.45) is 1.38. The minimum atomic E-state index is -4.82. The van der Waals surface area contributed by atoms with Crippen LogP contribution < -0.4 is 0 Å². The van der Waals surface area contributed by atoms with E-state index in [1.807, 2.05) is 0 Å². The van der Waals surface area contributed by atoms with Crippen LogP contribution >= 0.6 is 19.2 Å². The molecule has 0 aromatic carbocycles. The lowest BCUT2D eigenvalue weighted by molar-refractivity contribution is 0.201. The first kappa shape index (κ1) is 14.1. The number of tetrazole rings is 1. The van der Waals surface area contributed by atoms with Crippen LogP contribution in [0.2, 0.25) is 5.02 Å². The number of aliphatic hydroxyl groups is 1. The summed E-state index contributed by atoms with van der Waals surface area (Å²) in [5.41, 5.74) is 0.408. The van der Waals surface area contributed by atoms with Gasteiger partial charge in [0.05, 0.1) is 16.9 Å². The van der Waals surface area contributed by atoms with Gasteiger partial charge < -0.3 is 14.9 Å². The Morgan fingerprint density at radius 2 is 2.14 bits per heavy atom. The van der Waals surface area contributed by atoms with Crippen LogP contribution in [0.25, 0.3) is 17.2 Å². The molecule has 4 N–H and O–H groups in total. The molecule has 0 saturated heterocycles. The molecule has 1 atom stereocenters. The van der Waals surface area contributed by atoms with Gasteiger partial charge in [-0.15, -0.1) is 10.2 Å². The van der Waals surface area contributed by atoms with E-state index in [-0.39, 0.29) is 22.2 Å². The Hall–Kier alpha value is -1.84. The molecule has 21 heavy (non-hydrogen) atoms. The average molecular weight is 331 g/mol. The molecule has 12 heteroatoms. The quantitative estimate of drug-likeness (QED) is 0.502. The molecule has 0 aliphatic rings. The Bertz CT molecular complexity index is 843. The van der Waals surface area contributed by atoms with E-state index in [0.717, 1.165) is 0 Å². The molecular weight excluding hydrogens is 323 g/mol. The third-order valence-electron chi connectivity index (χ3n) is 2.79. The number of aliphatic hydroxyl groups excluding tert-OH is 1. The van der Waals surface area contributed by atoms with E-state index < -0.39 is 13.4 Å². The minimum absolute atomic E-state index is 0.0268. The summed E-state index contributed by atoms with van der Waals surface area (Å²) in [6.45, 7) is 0. The molecule has 0 bridgehead atoms. The number of H-pyrrole nitrogens is 1. The molecule has 0 saturated carbocycles. The van der Waals surface area contributed by atoms with Crippen LogP contribution in [0, 0.1) is 0 Å². The van der Waals surface area contributed by atoms with Gasteiger partial charge in [-0.3, -0.25) is 8.97 Å². The van der Waals surface area contributed by atoms with Gasteiger partial charge in [0, 0.05) is 0 Å². The van der Waals surface area contributed by atoms with Gasteiger partial charge in [-0.1, -0.05) is 11.6 Å². The van der Waals surface area contributed by atoms with Crippen molar-refractivity contribution in [1.82, 2.24) is 30.0 Å². The zero-order valence-electron chi connectivity index (χ0n) is 10.1. The highest BCUT2D eigenvalue weighted by Gasteiger charge is 2.33. The third kappa shape index (κ3) is 2.33. The van der Waals surface area contributed by atoms with Crippen molar-refractivity contribution in [1.29, 1.82) is 0 Å². The maximum Gasteiger partial charge on any atom is 0.359 e. The summed E-state index contributed by atoms with van der Waals surface area (Å²) in [4.78, 5) is 22.5.